The molecule has 0 aliphatic rings. The Morgan fingerprint density at radius 1 is 1.64 bits per heavy atom. The summed E-state index contributed by atoms with van der Waals surface area (Å²) >= 11 is 1.68. The summed E-state index contributed by atoms with van der Waals surface area (Å²) in [5.74, 6) is 0.528. The second-order valence-corrected chi connectivity index (χ2v) is 4.67. The minimum absolute atomic E-state index is 0.276. The molecule has 1 heterocycles. The SMILES string of the molecule is Cc1nc(CNCC(C)CCO)cs1. The minimum Gasteiger partial charge on any atom is -0.396 e. The molecule has 14 heavy (non-hydrogen) atoms. The summed E-state index contributed by atoms with van der Waals surface area (Å²) < 4.78 is 0. The average Bonchev–Trinajstić information content (AvgIpc) is 2.52. The summed E-state index contributed by atoms with van der Waals surface area (Å²) in [5.41, 5.74) is 1.11. The lowest BCUT2D eigenvalue weighted by molar-refractivity contribution is 0.260. The lowest BCUT2D eigenvalue weighted by Gasteiger charge is -2.09. The van der Waals surface area contributed by atoms with Crippen molar-refractivity contribution in [2.24, 2.45) is 5.92 Å². The van der Waals surface area contributed by atoms with Gasteiger partial charge in [-0.15, -0.1) is 11.3 Å². The first-order valence-electron chi connectivity index (χ1n) is 4.95. The quantitative estimate of drug-likeness (QED) is 0.755. The number of nitrogens with one attached hydrogen (secondary N) is 1. The summed E-state index contributed by atoms with van der Waals surface area (Å²) in [6, 6.07) is 0. The number of thiazole rings is 1. The van der Waals surface area contributed by atoms with E-state index in [1.54, 1.807) is 11.3 Å². The van der Waals surface area contributed by atoms with Gasteiger partial charge < -0.3 is 10.4 Å². The van der Waals surface area contributed by atoms with E-state index in [-0.39, 0.29) is 6.61 Å². The molecule has 1 aromatic heterocycles. The number of aliphatic hydroxyl groups is 1. The molecule has 0 saturated carbocycles. The van der Waals surface area contributed by atoms with E-state index in [0.717, 1.165) is 30.2 Å². The second-order valence-electron chi connectivity index (χ2n) is 3.61. The molecule has 80 valence electrons. The van der Waals surface area contributed by atoms with Gasteiger partial charge in [0.25, 0.3) is 0 Å². The van der Waals surface area contributed by atoms with Crippen molar-refractivity contribution in [2.45, 2.75) is 26.8 Å². The Kier molecular flexibility index (Phi) is 5.07. The molecule has 2 N–H and O–H groups in total. The van der Waals surface area contributed by atoms with Gasteiger partial charge in [-0.3, -0.25) is 0 Å². The zero-order valence-electron chi connectivity index (χ0n) is 8.79. The number of aryl methyl sites for hydroxylation is 1. The Morgan fingerprint density at radius 2 is 2.43 bits per heavy atom. The van der Waals surface area contributed by atoms with Crippen LogP contribution in [0.3, 0.4) is 0 Å². The van der Waals surface area contributed by atoms with Crippen molar-refractivity contribution >= 4 is 11.3 Å². The summed E-state index contributed by atoms with van der Waals surface area (Å²) in [5, 5.41) is 15.2. The topological polar surface area (TPSA) is 45.2 Å². The maximum atomic E-state index is 8.72. The van der Waals surface area contributed by atoms with Crippen LogP contribution in [0.5, 0.6) is 0 Å². The van der Waals surface area contributed by atoms with Crippen molar-refractivity contribution < 1.29 is 5.11 Å². The normalized spacial score (nSPS) is 13.1. The molecule has 1 aromatic rings. The summed E-state index contributed by atoms with van der Waals surface area (Å²) in [6.45, 7) is 6.20. The van der Waals surface area contributed by atoms with Gasteiger partial charge in [0, 0.05) is 18.5 Å². The number of hydrogen-bond donors (Lipinski definition) is 2. The van der Waals surface area contributed by atoms with E-state index in [4.69, 9.17) is 5.11 Å². The molecule has 0 aromatic carbocycles. The third-order valence-electron chi connectivity index (χ3n) is 2.09. The Hall–Kier alpha value is -0.450. The Morgan fingerprint density at radius 3 is 3.00 bits per heavy atom. The van der Waals surface area contributed by atoms with E-state index in [2.05, 4.69) is 22.6 Å². The third kappa shape index (κ3) is 4.17. The molecule has 0 saturated heterocycles. The van der Waals surface area contributed by atoms with Gasteiger partial charge in [0.1, 0.15) is 0 Å². The summed E-state index contributed by atoms with van der Waals surface area (Å²) in [6.07, 6.45) is 0.864. The molecule has 4 heteroatoms. The summed E-state index contributed by atoms with van der Waals surface area (Å²) in [7, 11) is 0. The van der Waals surface area contributed by atoms with E-state index in [9.17, 15) is 0 Å². The molecule has 1 unspecified atom stereocenters. The van der Waals surface area contributed by atoms with Crippen LogP contribution >= 0.6 is 11.3 Å². The third-order valence-corrected chi connectivity index (χ3v) is 2.91. The predicted octanol–water partition coefficient (Wildman–Crippen LogP) is 1.56. The van der Waals surface area contributed by atoms with E-state index < -0.39 is 0 Å². The minimum atomic E-state index is 0.276. The van der Waals surface area contributed by atoms with Crippen LogP contribution in [-0.2, 0) is 6.54 Å². The van der Waals surface area contributed by atoms with Crippen molar-refractivity contribution in [3.8, 4) is 0 Å². The molecule has 0 amide bonds. The Labute approximate surface area is 89.2 Å². The highest BCUT2D eigenvalue weighted by Gasteiger charge is 2.01. The highest BCUT2D eigenvalue weighted by Crippen LogP contribution is 2.07. The molecule has 0 spiro atoms. The Balaban J connectivity index is 2.15. The number of aliphatic hydroxyl groups excluding tert-OH is 1. The number of rotatable bonds is 6. The first kappa shape index (κ1) is 11.6. The van der Waals surface area contributed by atoms with Crippen LogP contribution in [-0.4, -0.2) is 23.2 Å². The van der Waals surface area contributed by atoms with Crippen molar-refractivity contribution in [1.82, 2.24) is 10.3 Å². The maximum Gasteiger partial charge on any atom is 0.0897 e. The summed E-state index contributed by atoms with van der Waals surface area (Å²) in [4.78, 5) is 4.36. The zero-order valence-corrected chi connectivity index (χ0v) is 9.60. The second kappa shape index (κ2) is 6.11. The largest absolute Gasteiger partial charge is 0.396 e. The maximum absolute atomic E-state index is 8.72. The van der Waals surface area contributed by atoms with E-state index in [1.807, 2.05) is 6.92 Å². The fourth-order valence-electron chi connectivity index (χ4n) is 1.26. The van der Waals surface area contributed by atoms with Gasteiger partial charge in [-0.1, -0.05) is 6.92 Å². The van der Waals surface area contributed by atoms with Crippen LogP contribution < -0.4 is 5.32 Å². The van der Waals surface area contributed by atoms with Gasteiger partial charge in [0.15, 0.2) is 0 Å². The number of aromatic nitrogens is 1. The first-order valence-corrected chi connectivity index (χ1v) is 5.83. The zero-order chi connectivity index (χ0) is 10.4. The molecular weight excluding hydrogens is 196 g/mol. The van der Waals surface area contributed by atoms with Crippen LogP contribution in [0.2, 0.25) is 0 Å². The van der Waals surface area contributed by atoms with Gasteiger partial charge >= 0.3 is 0 Å². The lowest BCUT2D eigenvalue weighted by Crippen LogP contribution is -2.21. The van der Waals surface area contributed by atoms with Crippen LogP contribution in [0.25, 0.3) is 0 Å². The smallest absolute Gasteiger partial charge is 0.0897 e. The van der Waals surface area contributed by atoms with Crippen molar-refractivity contribution in [2.75, 3.05) is 13.2 Å². The number of hydrogen-bond acceptors (Lipinski definition) is 4. The molecule has 1 atom stereocenters. The fourth-order valence-corrected chi connectivity index (χ4v) is 1.87. The predicted molar refractivity (Wildman–Crippen MR) is 59.4 cm³/mol. The molecule has 0 aliphatic carbocycles. The van der Waals surface area contributed by atoms with Crippen LogP contribution in [0.4, 0.5) is 0 Å². The molecule has 0 radical (unpaired) electrons. The van der Waals surface area contributed by atoms with E-state index in [0.29, 0.717) is 5.92 Å². The number of nitrogens with zero attached hydrogens (tertiary/aromatic N) is 1. The monoisotopic (exact) mass is 214 g/mol. The van der Waals surface area contributed by atoms with Crippen molar-refractivity contribution in [1.29, 1.82) is 0 Å². The van der Waals surface area contributed by atoms with Crippen molar-refractivity contribution in [3.05, 3.63) is 16.1 Å². The molecule has 0 fully saturated rings. The van der Waals surface area contributed by atoms with Crippen LogP contribution in [0.1, 0.15) is 24.0 Å². The molecular formula is C10H18N2OS. The Bertz CT molecular complexity index is 262. The van der Waals surface area contributed by atoms with E-state index >= 15 is 0 Å². The highest BCUT2D eigenvalue weighted by atomic mass is 32.1. The molecule has 1 rings (SSSR count). The van der Waals surface area contributed by atoms with Crippen LogP contribution in [0.15, 0.2) is 5.38 Å². The van der Waals surface area contributed by atoms with Crippen molar-refractivity contribution in [3.63, 3.8) is 0 Å². The lowest BCUT2D eigenvalue weighted by atomic mass is 10.1. The van der Waals surface area contributed by atoms with Crippen LogP contribution in [0, 0.1) is 12.8 Å². The van der Waals surface area contributed by atoms with E-state index in [1.165, 1.54) is 0 Å². The molecule has 0 bridgehead atoms. The average molecular weight is 214 g/mol. The van der Waals surface area contributed by atoms with Gasteiger partial charge in [-0.05, 0) is 25.8 Å². The fraction of sp³-hybridized carbons (Fsp3) is 0.700. The van der Waals surface area contributed by atoms with Gasteiger partial charge in [0.05, 0.1) is 10.7 Å². The highest BCUT2D eigenvalue weighted by molar-refractivity contribution is 7.09. The first-order chi connectivity index (χ1) is 6.72. The molecule has 3 nitrogen and oxygen atoms in total. The molecule has 0 aliphatic heterocycles. The van der Waals surface area contributed by atoms with Gasteiger partial charge in [-0.2, -0.15) is 0 Å². The standard InChI is InChI=1S/C10H18N2OS/c1-8(3-4-13)5-11-6-10-7-14-9(2)12-10/h7-8,11,13H,3-6H2,1-2H3. The van der Waals surface area contributed by atoms with Gasteiger partial charge in [0.2, 0.25) is 0 Å². The van der Waals surface area contributed by atoms with Gasteiger partial charge in [-0.25, -0.2) is 4.98 Å².